The molecule has 0 fully saturated rings. The summed E-state index contributed by atoms with van der Waals surface area (Å²) >= 11 is 13.1. The van der Waals surface area contributed by atoms with Crippen molar-refractivity contribution < 1.29 is 9.13 Å². The average Bonchev–Trinajstić information content (AvgIpc) is 2.74. The van der Waals surface area contributed by atoms with Crippen LogP contribution in [0.2, 0.25) is 10.3 Å². The summed E-state index contributed by atoms with van der Waals surface area (Å²) in [6.45, 7) is 1.96. The third kappa shape index (κ3) is 2.57. The first-order valence-electron chi connectivity index (χ1n) is 5.59. The van der Waals surface area contributed by atoms with E-state index in [0.29, 0.717) is 11.6 Å². The van der Waals surface area contributed by atoms with Crippen LogP contribution in [-0.4, -0.2) is 9.97 Å². The number of aromatic nitrogens is 2. The van der Waals surface area contributed by atoms with Gasteiger partial charge in [0.2, 0.25) is 11.2 Å². The zero-order valence-electron chi connectivity index (χ0n) is 10.2. The van der Waals surface area contributed by atoms with E-state index in [4.69, 9.17) is 27.9 Å². The predicted molar refractivity (Wildman–Crippen MR) is 78.6 cm³/mol. The van der Waals surface area contributed by atoms with Crippen molar-refractivity contribution in [2.75, 3.05) is 0 Å². The van der Waals surface area contributed by atoms with Crippen LogP contribution in [0.4, 0.5) is 4.39 Å². The molecule has 0 amide bonds. The number of hydrogen-bond donors (Lipinski definition) is 0. The third-order valence-electron chi connectivity index (χ3n) is 2.56. The topological polar surface area (TPSA) is 35.0 Å². The fraction of sp³-hybridized carbons (Fsp3) is 0.0769. The number of halogens is 3. The Balaban J connectivity index is 2.07. The lowest BCUT2D eigenvalue weighted by atomic mass is 10.3. The largest absolute Gasteiger partial charge is 0.438 e. The van der Waals surface area contributed by atoms with Crippen LogP contribution < -0.4 is 4.74 Å². The number of benzene rings is 1. The molecule has 0 saturated heterocycles. The maximum absolute atomic E-state index is 13.1. The average molecular weight is 329 g/mol. The number of nitrogens with zero attached hydrogens (tertiary/aromatic N) is 2. The summed E-state index contributed by atoms with van der Waals surface area (Å²) in [7, 11) is 0. The van der Waals surface area contributed by atoms with Crippen molar-refractivity contribution in [2.24, 2.45) is 0 Å². The van der Waals surface area contributed by atoms with Gasteiger partial charge in [0.25, 0.3) is 0 Å². The Morgan fingerprint density at radius 1 is 1.20 bits per heavy atom. The molecule has 0 spiro atoms. The second kappa shape index (κ2) is 5.16. The van der Waals surface area contributed by atoms with E-state index < -0.39 is 5.82 Å². The van der Waals surface area contributed by atoms with Crippen LogP contribution in [0.5, 0.6) is 11.6 Å². The first kappa shape index (κ1) is 13.5. The summed E-state index contributed by atoms with van der Waals surface area (Å²) in [5.41, 5.74) is 0. The first-order valence-corrected chi connectivity index (χ1v) is 7.17. The Hall–Kier alpha value is -1.43. The zero-order chi connectivity index (χ0) is 14.3. The fourth-order valence-electron chi connectivity index (χ4n) is 1.72. The van der Waals surface area contributed by atoms with Gasteiger partial charge in [-0.25, -0.2) is 9.37 Å². The van der Waals surface area contributed by atoms with Gasteiger partial charge in [-0.3, -0.25) is 0 Å². The molecule has 2 aromatic heterocycles. The molecule has 0 atom stereocenters. The summed E-state index contributed by atoms with van der Waals surface area (Å²) in [6, 6.07) is 6.01. The van der Waals surface area contributed by atoms with E-state index in [1.54, 1.807) is 0 Å². The van der Waals surface area contributed by atoms with Gasteiger partial charge in [0.15, 0.2) is 0 Å². The maximum atomic E-state index is 13.1. The standard InChI is InChI=1S/C13H7Cl2FN2OS/c1-6-4-8-11(17-13(15)18-12(8)20-6)19-7-2-3-10(16)9(14)5-7/h2-5H,1H3. The lowest BCUT2D eigenvalue weighted by molar-refractivity contribution is 0.467. The van der Waals surface area contributed by atoms with E-state index in [1.807, 2.05) is 13.0 Å². The smallest absolute Gasteiger partial charge is 0.232 e. The summed E-state index contributed by atoms with van der Waals surface area (Å²) < 4.78 is 18.8. The number of aryl methyl sites for hydroxylation is 1. The van der Waals surface area contributed by atoms with Crippen LogP contribution in [0.3, 0.4) is 0 Å². The van der Waals surface area contributed by atoms with Crippen molar-refractivity contribution in [1.82, 2.24) is 9.97 Å². The third-order valence-corrected chi connectivity index (χ3v) is 3.96. The molecule has 1 aromatic carbocycles. The minimum Gasteiger partial charge on any atom is -0.438 e. The van der Waals surface area contributed by atoms with E-state index in [9.17, 15) is 4.39 Å². The van der Waals surface area contributed by atoms with Crippen molar-refractivity contribution in [2.45, 2.75) is 6.92 Å². The minimum absolute atomic E-state index is 0.0135. The van der Waals surface area contributed by atoms with E-state index in [-0.39, 0.29) is 10.3 Å². The van der Waals surface area contributed by atoms with Crippen molar-refractivity contribution in [3.63, 3.8) is 0 Å². The van der Waals surface area contributed by atoms with Gasteiger partial charge < -0.3 is 4.74 Å². The number of thiophene rings is 1. The summed E-state index contributed by atoms with van der Waals surface area (Å²) in [6.07, 6.45) is 0. The Kier molecular flexibility index (Phi) is 3.50. The monoisotopic (exact) mass is 328 g/mol. The Labute approximate surface area is 128 Å². The molecule has 0 aliphatic carbocycles. The SMILES string of the molecule is Cc1cc2c(Oc3ccc(F)c(Cl)c3)nc(Cl)nc2s1. The van der Waals surface area contributed by atoms with Crippen LogP contribution >= 0.6 is 34.5 Å². The lowest BCUT2D eigenvalue weighted by Crippen LogP contribution is -1.91. The van der Waals surface area contributed by atoms with E-state index in [2.05, 4.69) is 9.97 Å². The van der Waals surface area contributed by atoms with Gasteiger partial charge in [0.1, 0.15) is 16.4 Å². The minimum atomic E-state index is -0.503. The zero-order valence-corrected chi connectivity index (χ0v) is 12.5. The van der Waals surface area contributed by atoms with Gasteiger partial charge in [0, 0.05) is 10.9 Å². The molecule has 0 saturated carbocycles. The second-order valence-electron chi connectivity index (χ2n) is 4.05. The molecule has 7 heteroatoms. The van der Waals surface area contributed by atoms with E-state index in [0.717, 1.165) is 15.1 Å². The highest BCUT2D eigenvalue weighted by Crippen LogP contribution is 2.34. The molecule has 0 bridgehead atoms. The summed E-state index contributed by atoms with van der Waals surface area (Å²) in [5.74, 6) is 0.208. The lowest BCUT2D eigenvalue weighted by Gasteiger charge is -2.06. The molecule has 2 heterocycles. The Morgan fingerprint density at radius 2 is 2.00 bits per heavy atom. The van der Waals surface area contributed by atoms with Crippen LogP contribution in [-0.2, 0) is 0 Å². The molecule has 0 aliphatic rings. The summed E-state index contributed by atoms with van der Waals surface area (Å²) in [5, 5.41) is 0.848. The van der Waals surface area contributed by atoms with Crippen molar-refractivity contribution in [1.29, 1.82) is 0 Å². The van der Waals surface area contributed by atoms with Crippen molar-refractivity contribution >= 4 is 44.8 Å². The van der Waals surface area contributed by atoms with Crippen LogP contribution in [0.25, 0.3) is 10.2 Å². The molecule has 3 nitrogen and oxygen atoms in total. The van der Waals surface area contributed by atoms with Crippen molar-refractivity contribution in [3.05, 3.63) is 45.3 Å². The van der Waals surface area contributed by atoms with Crippen LogP contribution in [0.1, 0.15) is 4.88 Å². The van der Waals surface area contributed by atoms with Gasteiger partial charge in [-0.05, 0) is 36.7 Å². The molecule has 0 unspecified atom stereocenters. The highest BCUT2D eigenvalue weighted by atomic mass is 35.5. The molecule has 0 aliphatic heterocycles. The molecule has 102 valence electrons. The molecule has 0 N–H and O–H groups in total. The summed E-state index contributed by atoms with van der Waals surface area (Å²) in [4.78, 5) is 10.0. The Bertz CT molecular complexity index is 806. The number of fused-ring (bicyclic) bond motifs is 1. The molecule has 3 aromatic rings. The molecule has 3 rings (SSSR count). The molecular weight excluding hydrogens is 322 g/mol. The van der Waals surface area contributed by atoms with Crippen molar-refractivity contribution in [3.8, 4) is 11.6 Å². The van der Waals surface area contributed by atoms with E-state index >= 15 is 0 Å². The van der Waals surface area contributed by atoms with Gasteiger partial charge in [-0.2, -0.15) is 4.98 Å². The molecule has 0 radical (unpaired) electrons. The normalized spacial score (nSPS) is 11.0. The quantitative estimate of drug-likeness (QED) is 0.603. The predicted octanol–water partition coefficient (Wildman–Crippen LogP) is 5.24. The Morgan fingerprint density at radius 3 is 2.75 bits per heavy atom. The maximum Gasteiger partial charge on any atom is 0.232 e. The number of rotatable bonds is 2. The first-order chi connectivity index (χ1) is 9.52. The molecular formula is C13H7Cl2FN2OS. The highest BCUT2D eigenvalue weighted by Gasteiger charge is 2.12. The van der Waals surface area contributed by atoms with Gasteiger partial charge in [-0.1, -0.05) is 11.6 Å². The second-order valence-corrected chi connectivity index (χ2v) is 6.03. The van der Waals surface area contributed by atoms with E-state index in [1.165, 1.54) is 29.5 Å². The fourth-order valence-corrected chi connectivity index (χ4v) is 2.97. The van der Waals surface area contributed by atoms with Crippen LogP contribution in [0.15, 0.2) is 24.3 Å². The number of hydrogen-bond acceptors (Lipinski definition) is 4. The van der Waals surface area contributed by atoms with Gasteiger partial charge in [-0.15, -0.1) is 11.3 Å². The van der Waals surface area contributed by atoms with Crippen LogP contribution in [0, 0.1) is 12.7 Å². The molecule has 20 heavy (non-hydrogen) atoms. The van der Waals surface area contributed by atoms with Gasteiger partial charge in [0.05, 0.1) is 10.4 Å². The highest BCUT2D eigenvalue weighted by molar-refractivity contribution is 7.18. The number of ether oxygens (including phenoxy) is 1. The van der Waals surface area contributed by atoms with Gasteiger partial charge >= 0.3 is 0 Å².